The molecule has 1 aliphatic heterocycles. The van der Waals surface area contributed by atoms with Crippen LogP contribution in [-0.4, -0.2) is 23.8 Å². The van der Waals surface area contributed by atoms with Gasteiger partial charge in [-0.1, -0.05) is 25.1 Å². The molecule has 1 amide bonds. The molecule has 128 valence electrons. The van der Waals surface area contributed by atoms with Gasteiger partial charge in [-0.05, 0) is 58.6 Å². The zero-order valence-electron chi connectivity index (χ0n) is 15.3. The van der Waals surface area contributed by atoms with Gasteiger partial charge in [0, 0.05) is 18.6 Å². The van der Waals surface area contributed by atoms with Gasteiger partial charge in [0.1, 0.15) is 5.60 Å². The van der Waals surface area contributed by atoms with Gasteiger partial charge in [0.15, 0.2) is 0 Å². The first-order chi connectivity index (χ1) is 10.6. The number of carbonyl (C=O) groups excluding carboxylic acids is 1. The van der Waals surface area contributed by atoms with Crippen LogP contribution in [-0.2, 0) is 17.7 Å². The third-order valence-corrected chi connectivity index (χ3v) is 4.33. The number of ether oxygens (including phenoxy) is 1. The normalized spacial score (nSPS) is 14.8. The molecule has 0 unspecified atom stereocenters. The number of fused-ring (bicyclic) bond motifs is 1. The molecule has 4 heteroatoms. The van der Waals surface area contributed by atoms with Crippen molar-refractivity contribution in [2.45, 2.75) is 72.1 Å². The Morgan fingerprint density at radius 2 is 1.96 bits per heavy atom. The molecule has 0 aromatic heterocycles. The standard InChI is InChI=1S/C19H30N2O2/c1-7-19(5,6)20-13-15-10-8-9-14-11-12-21(16(14)15)17(22)23-18(2,3)4/h8-10,20H,7,11-13H2,1-6H3. The summed E-state index contributed by atoms with van der Waals surface area (Å²) in [5.74, 6) is 0. The van der Waals surface area contributed by atoms with Gasteiger partial charge in [-0.25, -0.2) is 4.79 Å². The van der Waals surface area contributed by atoms with E-state index >= 15 is 0 Å². The Kier molecular flexibility index (Phi) is 5.04. The third-order valence-electron chi connectivity index (χ3n) is 4.33. The molecule has 23 heavy (non-hydrogen) atoms. The van der Waals surface area contributed by atoms with Gasteiger partial charge in [-0.15, -0.1) is 0 Å². The van der Waals surface area contributed by atoms with E-state index in [9.17, 15) is 4.79 Å². The zero-order chi connectivity index (χ0) is 17.3. The predicted octanol–water partition coefficient (Wildman–Crippen LogP) is 4.26. The molecule has 1 aromatic rings. The number of para-hydroxylation sites is 1. The molecule has 4 nitrogen and oxygen atoms in total. The Morgan fingerprint density at radius 3 is 2.57 bits per heavy atom. The van der Waals surface area contributed by atoms with E-state index in [0.717, 1.165) is 30.6 Å². The molecule has 2 rings (SSSR count). The second-order valence-electron chi connectivity index (χ2n) is 7.90. The molecule has 0 fully saturated rings. The topological polar surface area (TPSA) is 41.6 Å². The average molecular weight is 318 g/mol. The van der Waals surface area contributed by atoms with E-state index in [0.29, 0.717) is 6.54 Å². The van der Waals surface area contributed by atoms with Crippen molar-refractivity contribution in [1.82, 2.24) is 5.32 Å². The van der Waals surface area contributed by atoms with Crippen LogP contribution < -0.4 is 10.2 Å². The molecule has 1 heterocycles. The van der Waals surface area contributed by atoms with Gasteiger partial charge < -0.3 is 10.1 Å². The van der Waals surface area contributed by atoms with Crippen molar-refractivity contribution in [3.63, 3.8) is 0 Å². The molecule has 0 radical (unpaired) electrons. The first-order valence-electron chi connectivity index (χ1n) is 8.49. The van der Waals surface area contributed by atoms with E-state index in [4.69, 9.17) is 4.74 Å². The third kappa shape index (κ3) is 4.47. The van der Waals surface area contributed by atoms with Crippen molar-refractivity contribution in [1.29, 1.82) is 0 Å². The lowest BCUT2D eigenvalue weighted by molar-refractivity contribution is 0.0583. The van der Waals surface area contributed by atoms with Crippen LogP contribution in [0.15, 0.2) is 18.2 Å². The summed E-state index contributed by atoms with van der Waals surface area (Å²) in [6.45, 7) is 13.7. The van der Waals surface area contributed by atoms with E-state index in [1.165, 1.54) is 5.56 Å². The lowest BCUT2D eigenvalue weighted by Crippen LogP contribution is -2.39. The molecule has 0 atom stereocenters. The number of carbonyl (C=O) groups is 1. The highest BCUT2D eigenvalue weighted by Gasteiger charge is 2.31. The number of nitrogens with zero attached hydrogens (tertiary/aromatic N) is 1. The van der Waals surface area contributed by atoms with E-state index in [1.807, 2.05) is 20.8 Å². The van der Waals surface area contributed by atoms with Crippen LogP contribution in [0.5, 0.6) is 0 Å². The number of hydrogen-bond donors (Lipinski definition) is 1. The van der Waals surface area contributed by atoms with Crippen molar-refractivity contribution < 1.29 is 9.53 Å². The van der Waals surface area contributed by atoms with Gasteiger partial charge in [-0.3, -0.25) is 4.90 Å². The second kappa shape index (κ2) is 6.52. The Hall–Kier alpha value is -1.55. The molecule has 1 aliphatic rings. The number of anilines is 1. The van der Waals surface area contributed by atoms with Crippen molar-refractivity contribution in [3.8, 4) is 0 Å². The van der Waals surface area contributed by atoms with Crippen LogP contribution >= 0.6 is 0 Å². The van der Waals surface area contributed by atoms with Crippen molar-refractivity contribution >= 4 is 11.8 Å². The fraction of sp³-hybridized carbons (Fsp3) is 0.632. The van der Waals surface area contributed by atoms with Crippen molar-refractivity contribution in [3.05, 3.63) is 29.3 Å². The summed E-state index contributed by atoms with van der Waals surface area (Å²) in [7, 11) is 0. The average Bonchev–Trinajstić information content (AvgIpc) is 2.88. The summed E-state index contributed by atoms with van der Waals surface area (Å²) < 4.78 is 5.57. The molecule has 0 spiro atoms. The van der Waals surface area contributed by atoms with Gasteiger partial charge in [0.25, 0.3) is 0 Å². The zero-order valence-corrected chi connectivity index (χ0v) is 15.3. The van der Waals surface area contributed by atoms with Crippen LogP contribution in [0.25, 0.3) is 0 Å². The molecule has 0 bridgehead atoms. The summed E-state index contributed by atoms with van der Waals surface area (Å²) in [5.41, 5.74) is 3.02. The number of nitrogens with one attached hydrogen (secondary N) is 1. The molecule has 1 N–H and O–H groups in total. The quantitative estimate of drug-likeness (QED) is 0.901. The minimum atomic E-state index is -0.475. The van der Waals surface area contributed by atoms with E-state index < -0.39 is 5.60 Å². The highest BCUT2D eigenvalue weighted by Crippen LogP contribution is 2.33. The molecular weight excluding hydrogens is 288 g/mol. The Balaban J connectivity index is 2.22. The molecule has 0 saturated heterocycles. The van der Waals surface area contributed by atoms with E-state index in [-0.39, 0.29) is 11.6 Å². The summed E-state index contributed by atoms with van der Waals surface area (Å²) in [4.78, 5) is 14.3. The number of hydrogen-bond acceptors (Lipinski definition) is 3. The fourth-order valence-corrected chi connectivity index (χ4v) is 2.64. The van der Waals surface area contributed by atoms with E-state index in [1.54, 1.807) is 4.90 Å². The first kappa shape index (κ1) is 17.8. The lowest BCUT2D eigenvalue weighted by Gasteiger charge is -2.28. The van der Waals surface area contributed by atoms with Gasteiger partial charge in [0.05, 0.1) is 5.69 Å². The van der Waals surface area contributed by atoms with Gasteiger partial charge >= 0.3 is 6.09 Å². The summed E-state index contributed by atoms with van der Waals surface area (Å²) in [5, 5.41) is 3.58. The molecular formula is C19H30N2O2. The van der Waals surface area contributed by atoms with Crippen molar-refractivity contribution in [2.75, 3.05) is 11.4 Å². The molecule has 0 aliphatic carbocycles. The maximum atomic E-state index is 12.5. The van der Waals surface area contributed by atoms with Gasteiger partial charge in [-0.2, -0.15) is 0 Å². The minimum absolute atomic E-state index is 0.0814. The van der Waals surface area contributed by atoms with E-state index in [2.05, 4.69) is 44.3 Å². The summed E-state index contributed by atoms with van der Waals surface area (Å²) in [6, 6.07) is 6.28. The van der Waals surface area contributed by atoms with Crippen LogP contribution in [0.2, 0.25) is 0 Å². The molecule has 0 saturated carbocycles. The lowest BCUT2D eigenvalue weighted by atomic mass is 10.0. The smallest absolute Gasteiger partial charge is 0.414 e. The molecule has 1 aromatic carbocycles. The minimum Gasteiger partial charge on any atom is -0.443 e. The Morgan fingerprint density at radius 1 is 1.26 bits per heavy atom. The summed E-state index contributed by atoms with van der Waals surface area (Å²) in [6.07, 6.45) is 1.69. The highest BCUT2D eigenvalue weighted by molar-refractivity contribution is 5.91. The number of amides is 1. The fourth-order valence-electron chi connectivity index (χ4n) is 2.64. The van der Waals surface area contributed by atoms with Crippen LogP contribution in [0.1, 0.15) is 59.1 Å². The SMILES string of the molecule is CCC(C)(C)NCc1cccc2c1N(C(=O)OC(C)(C)C)CC2. The second-order valence-corrected chi connectivity index (χ2v) is 7.90. The monoisotopic (exact) mass is 318 g/mol. The number of benzene rings is 1. The highest BCUT2D eigenvalue weighted by atomic mass is 16.6. The first-order valence-corrected chi connectivity index (χ1v) is 8.49. The number of rotatable bonds is 4. The van der Waals surface area contributed by atoms with Crippen molar-refractivity contribution in [2.24, 2.45) is 0 Å². The van der Waals surface area contributed by atoms with Crippen LogP contribution in [0.3, 0.4) is 0 Å². The maximum absolute atomic E-state index is 12.5. The van der Waals surface area contributed by atoms with Crippen LogP contribution in [0, 0.1) is 0 Å². The van der Waals surface area contributed by atoms with Crippen LogP contribution in [0.4, 0.5) is 10.5 Å². The largest absolute Gasteiger partial charge is 0.443 e. The summed E-state index contributed by atoms with van der Waals surface area (Å²) >= 11 is 0. The van der Waals surface area contributed by atoms with Gasteiger partial charge in [0.2, 0.25) is 0 Å². The Bertz CT molecular complexity index is 573. The maximum Gasteiger partial charge on any atom is 0.414 e. The Labute approximate surface area is 140 Å². The predicted molar refractivity (Wildman–Crippen MR) is 94.9 cm³/mol.